The summed E-state index contributed by atoms with van der Waals surface area (Å²) >= 11 is 0. The van der Waals surface area contributed by atoms with Crippen LogP contribution in [-0.4, -0.2) is 23.0 Å². The predicted octanol–water partition coefficient (Wildman–Crippen LogP) is 6.49. The number of halogens is 1. The fourth-order valence-corrected chi connectivity index (χ4v) is 4.29. The van der Waals surface area contributed by atoms with Crippen molar-refractivity contribution in [3.05, 3.63) is 90.2 Å². The summed E-state index contributed by atoms with van der Waals surface area (Å²) in [5.74, 6) is 0.230. The smallest absolute Gasteiger partial charge is 0.224 e. The van der Waals surface area contributed by atoms with Gasteiger partial charge in [0.05, 0.1) is 29.7 Å². The Hall–Kier alpha value is -4.19. The number of benzene rings is 3. The molecule has 170 valence electrons. The maximum absolute atomic E-state index is 14.1. The Kier molecular flexibility index (Phi) is 5.95. The topological polar surface area (TPSA) is 67.0 Å². The molecule has 0 aliphatic carbocycles. The summed E-state index contributed by atoms with van der Waals surface area (Å²) < 4.78 is 19.4. The van der Waals surface area contributed by atoms with Gasteiger partial charge in [0, 0.05) is 22.7 Å². The zero-order valence-electron chi connectivity index (χ0n) is 18.8. The van der Waals surface area contributed by atoms with Crippen LogP contribution in [0, 0.1) is 5.82 Å². The van der Waals surface area contributed by atoms with Crippen molar-refractivity contribution < 1.29 is 13.9 Å². The Morgan fingerprint density at radius 2 is 1.85 bits per heavy atom. The number of ether oxygens (including phenoxy) is 1. The van der Waals surface area contributed by atoms with Crippen molar-refractivity contribution in [2.45, 2.75) is 19.3 Å². The van der Waals surface area contributed by atoms with E-state index >= 15 is 0 Å². The molecule has 5 aromatic rings. The van der Waals surface area contributed by atoms with Crippen LogP contribution in [0.4, 0.5) is 10.1 Å². The molecule has 0 saturated heterocycles. The summed E-state index contributed by atoms with van der Waals surface area (Å²) in [6, 6.07) is 24.0. The van der Waals surface area contributed by atoms with Crippen LogP contribution < -0.4 is 10.1 Å². The van der Waals surface area contributed by atoms with Gasteiger partial charge in [0.25, 0.3) is 0 Å². The largest absolute Gasteiger partial charge is 0.495 e. The van der Waals surface area contributed by atoms with Crippen molar-refractivity contribution in [1.82, 2.24) is 9.97 Å². The second-order valence-electron chi connectivity index (χ2n) is 8.16. The minimum Gasteiger partial charge on any atom is -0.495 e. The minimum atomic E-state index is -0.292. The van der Waals surface area contributed by atoms with Crippen molar-refractivity contribution in [1.29, 1.82) is 0 Å². The Balaban J connectivity index is 1.40. The summed E-state index contributed by atoms with van der Waals surface area (Å²) in [4.78, 5) is 20.8. The standard InChI is InChI=1S/C28H24FN3O2/c1-34-26-11-5-4-10-24(26)31-27(33)12-6-8-20-21-17-19(29)14-16-23(21)32-28(20)25-15-13-18-7-2-3-9-22(18)30-25/h2-5,7,9-11,13-17,32H,6,8,12H2,1H3,(H,31,33). The van der Waals surface area contributed by atoms with Gasteiger partial charge in [-0.05, 0) is 60.9 Å². The summed E-state index contributed by atoms with van der Waals surface area (Å²) in [6.45, 7) is 0. The Morgan fingerprint density at radius 1 is 1.03 bits per heavy atom. The Labute approximate surface area is 196 Å². The molecule has 2 N–H and O–H groups in total. The lowest BCUT2D eigenvalue weighted by molar-refractivity contribution is -0.116. The number of carbonyl (C=O) groups is 1. The molecule has 0 spiro atoms. The minimum absolute atomic E-state index is 0.0964. The van der Waals surface area contributed by atoms with Crippen LogP contribution in [-0.2, 0) is 11.2 Å². The molecule has 5 nitrogen and oxygen atoms in total. The summed E-state index contributed by atoms with van der Waals surface area (Å²) in [7, 11) is 1.57. The zero-order chi connectivity index (χ0) is 23.5. The number of nitrogens with zero attached hydrogens (tertiary/aromatic N) is 1. The molecule has 0 aliphatic heterocycles. The fraction of sp³-hybridized carbons (Fsp3) is 0.143. The summed E-state index contributed by atoms with van der Waals surface area (Å²) in [5.41, 5.74) is 5.00. The Bertz CT molecular complexity index is 1490. The first-order valence-corrected chi connectivity index (χ1v) is 11.2. The zero-order valence-corrected chi connectivity index (χ0v) is 18.8. The van der Waals surface area contributed by atoms with Gasteiger partial charge in [0.1, 0.15) is 11.6 Å². The van der Waals surface area contributed by atoms with Crippen LogP contribution in [0.5, 0.6) is 5.75 Å². The first-order chi connectivity index (χ1) is 16.6. The van der Waals surface area contributed by atoms with E-state index in [2.05, 4.69) is 10.3 Å². The number of nitrogens with one attached hydrogen (secondary N) is 2. The summed E-state index contributed by atoms with van der Waals surface area (Å²) in [6.07, 6.45) is 1.53. The average molecular weight is 454 g/mol. The number of hydrogen-bond acceptors (Lipinski definition) is 3. The second-order valence-corrected chi connectivity index (χ2v) is 8.16. The number of amides is 1. The van der Waals surface area contributed by atoms with Crippen LogP contribution in [0.3, 0.4) is 0 Å². The van der Waals surface area contributed by atoms with Gasteiger partial charge < -0.3 is 15.0 Å². The number of H-pyrrole nitrogens is 1. The molecule has 0 fully saturated rings. The number of para-hydroxylation sites is 3. The lowest BCUT2D eigenvalue weighted by atomic mass is 10.0. The number of aromatic nitrogens is 2. The molecule has 0 aliphatic rings. The van der Waals surface area contributed by atoms with Gasteiger partial charge in [-0.3, -0.25) is 4.79 Å². The first kappa shape index (κ1) is 21.6. The number of aryl methyl sites for hydroxylation is 1. The molecule has 6 heteroatoms. The van der Waals surface area contributed by atoms with Crippen LogP contribution in [0.15, 0.2) is 78.9 Å². The van der Waals surface area contributed by atoms with Gasteiger partial charge in [-0.25, -0.2) is 9.37 Å². The maximum atomic E-state index is 14.1. The average Bonchev–Trinajstić information content (AvgIpc) is 3.21. The van der Waals surface area contributed by atoms with Crippen molar-refractivity contribution in [3.63, 3.8) is 0 Å². The van der Waals surface area contributed by atoms with Crippen molar-refractivity contribution >= 4 is 33.4 Å². The van der Waals surface area contributed by atoms with Crippen LogP contribution in [0.2, 0.25) is 0 Å². The van der Waals surface area contributed by atoms with E-state index in [1.165, 1.54) is 6.07 Å². The number of pyridine rings is 1. The van der Waals surface area contributed by atoms with E-state index in [-0.39, 0.29) is 11.7 Å². The van der Waals surface area contributed by atoms with Crippen molar-refractivity contribution in [2.75, 3.05) is 12.4 Å². The summed E-state index contributed by atoms with van der Waals surface area (Å²) in [5, 5.41) is 4.78. The number of fused-ring (bicyclic) bond motifs is 2. The van der Waals surface area contributed by atoms with E-state index in [1.54, 1.807) is 25.3 Å². The second kappa shape index (κ2) is 9.35. The van der Waals surface area contributed by atoms with Crippen LogP contribution in [0.1, 0.15) is 18.4 Å². The molecule has 34 heavy (non-hydrogen) atoms. The van der Waals surface area contributed by atoms with Gasteiger partial charge in [-0.2, -0.15) is 0 Å². The van der Waals surface area contributed by atoms with Gasteiger partial charge in [-0.1, -0.05) is 36.4 Å². The number of aromatic amines is 1. The highest BCUT2D eigenvalue weighted by atomic mass is 19.1. The number of carbonyl (C=O) groups excluding carboxylic acids is 1. The first-order valence-electron chi connectivity index (χ1n) is 11.2. The Morgan fingerprint density at radius 3 is 2.74 bits per heavy atom. The third-order valence-electron chi connectivity index (χ3n) is 5.93. The normalized spacial score (nSPS) is 11.1. The molecule has 0 atom stereocenters. The predicted molar refractivity (Wildman–Crippen MR) is 134 cm³/mol. The fourth-order valence-electron chi connectivity index (χ4n) is 4.29. The van der Waals surface area contributed by atoms with E-state index in [4.69, 9.17) is 9.72 Å². The third kappa shape index (κ3) is 4.35. The highest BCUT2D eigenvalue weighted by Crippen LogP contribution is 2.32. The highest BCUT2D eigenvalue weighted by molar-refractivity contribution is 5.93. The molecule has 2 heterocycles. The van der Waals surface area contributed by atoms with Crippen molar-refractivity contribution in [2.24, 2.45) is 0 Å². The molecule has 0 unspecified atom stereocenters. The molecule has 3 aromatic carbocycles. The van der Waals surface area contributed by atoms with Crippen LogP contribution in [0.25, 0.3) is 33.2 Å². The number of rotatable bonds is 7. The lowest BCUT2D eigenvalue weighted by Crippen LogP contribution is -2.12. The molecular formula is C28H24FN3O2. The van der Waals surface area contributed by atoms with E-state index < -0.39 is 0 Å². The van der Waals surface area contributed by atoms with E-state index in [1.807, 2.05) is 54.6 Å². The van der Waals surface area contributed by atoms with E-state index in [9.17, 15) is 9.18 Å². The SMILES string of the molecule is COc1ccccc1NC(=O)CCCc1c(-c2ccc3ccccc3n2)[nH]c2ccc(F)cc12. The lowest BCUT2D eigenvalue weighted by Gasteiger charge is -2.10. The molecule has 1 amide bonds. The van der Waals surface area contributed by atoms with Crippen molar-refractivity contribution in [3.8, 4) is 17.1 Å². The van der Waals surface area contributed by atoms with Gasteiger partial charge >= 0.3 is 0 Å². The quantitative estimate of drug-likeness (QED) is 0.296. The molecule has 0 bridgehead atoms. The van der Waals surface area contributed by atoms with Gasteiger partial charge in [0.2, 0.25) is 5.91 Å². The molecule has 5 rings (SSSR count). The molecule has 2 aromatic heterocycles. The maximum Gasteiger partial charge on any atom is 0.224 e. The van der Waals surface area contributed by atoms with E-state index in [0.717, 1.165) is 38.8 Å². The van der Waals surface area contributed by atoms with Crippen LogP contribution >= 0.6 is 0 Å². The molecular weight excluding hydrogens is 429 g/mol. The molecule has 0 saturated carbocycles. The molecule has 0 radical (unpaired) electrons. The third-order valence-corrected chi connectivity index (χ3v) is 5.93. The number of anilines is 1. The van der Waals surface area contributed by atoms with Gasteiger partial charge in [0.15, 0.2) is 0 Å². The van der Waals surface area contributed by atoms with E-state index in [0.29, 0.717) is 30.7 Å². The number of methoxy groups -OCH3 is 1. The number of hydrogen-bond donors (Lipinski definition) is 2. The monoisotopic (exact) mass is 453 g/mol. The highest BCUT2D eigenvalue weighted by Gasteiger charge is 2.16. The van der Waals surface area contributed by atoms with Gasteiger partial charge in [-0.15, -0.1) is 0 Å².